The predicted molar refractivity (Wildman–Crippen MR) is 78.9 cm³/mol. The SMILES string of the molecule is CCCn1nc(C)c(N)c1NC(CC)(CC)CC. The molecular weight excluding hydrogens is 224 g/mol. The summed E-state index contributed by atoms with van der Waals surface area (Å²) in [6.45, 7) is 11.7. The lowest BCUT2D eigenvalue weighted by Gasteiger charge is -2.33. The van der Waals surface area contributed by atoms with Crippen molar-refractivity contribution in [1.29, 1.82) is 0 Å². The molecule has 0 aliphatic carbocycles. The van der Waals surface area contributed by atoms with Crippen LogP contribution in [0.2, 0.25) is 0 Å². The van der Waals surface area contributed by atoms with Gasteiger partial charge in [0.25, 0.3) is 0 Å². The number of hydrogen-bond acceptors (Lipinski definition) is 3. The van der Waals surface area contributed by atoms with Gasteiger partial charge < -0.3 is 11.1 Å². The van der Waals surface area contributed by atoms with Gasteiger partial charge in [0.2, 0.25) is 0 Å². The lowest BCUT2D eigenvalue weighted by atomic mass is 9.90. The van der Waals surface area contributed by atoms with E-state index in [9.17, 15) is 0 Å². The molecule has 0 spiro atoms. The number of aromatic nitrogens is 2. The number of nitrogens with zero attached hydrogens (tertiary/aromatic N) is 2. The molecule has 4 nitrogen and oxygen atoms in total. The summed E-state index contributed by atoms with van der Waals surface area (Å²) in [4.78, 5) is 0. The number of nitrogens with one attached hydrogen (secondary N) is 1. The van der Waals surface area contributed by atoms with Crippen molar-refractivity contribution in [3.8, 4) is 0 Å². The van der Waals surface area contributed by atoms with E-state index in [4.69, 9.17) is 5.73 Å². The molecule has 0 aliphatic heterocycles. The molecule has 0 aromatic carbocycles. The normalized spacial score (nSPS) is 11.8. The molecule has 1 aromatic rings. The van der Waals surface area contributed by atoms with Crippen LogP contribution in [0.4, 0.5) is 11.5 Å². The third-order valence-electron chi connectivity index (χ3n) is 4.02. The van der Waals surface area contributed by atoms with Crippen LogP contribution in [0.15, 0.2) is 0 Å². The first-order valence-corrected chi connectivity index (χ1v) is 7.14. The van der Waals surface area contributed by atoms with Gasteiger partial charge in [-0.25, -0.2) is 4.68 Å². The Morgan fingerprint density at radius 2 is 1.72 bits per heavy atom. The van der Waals surface area contributed by atoms with Gasteiger partial charge >= 0.3 is 0 Å². The van der Waals surface area contributed by atoms with Crippen molar-refractivity contribution in [3.63, 3.8) is 0 Å². The summed E-state index contributed by atoms with van der Waals surface area (Å²) in [6, 6.07) is 0. The van der Waals surface area contributed by atoms with Crippen LogP contribution in [0.5, 0.6) is 0 Å². The summed E-state index contributed by atoms with van der Waals surface area (Å²) < 4.78 is 2.01. The number of nitrogen functional groups attached to an aromatic ring is 1. The van der Waals surface area contributed by atoms with Crippen LogP contribution in [0.1, 0.15) is 59.1 Å². The van der Waals surface area contributed by atoms with Gasteiger partial charge in [-0.1, -0.05) is 27.7 Å². The fraction of sp³-hybridized carbons (Fsp3) is 0.786. The van der Waals surface area contributed by atoms with Gasteiger partial charge in [0, 0.05) is 12.1 Å². The summed E-state index contributed by atoms with van der Waals surface area (Å²) in [6.07, 6.45) is 4.34. The second-order valence-electron chi connectivity index (χ2n) is 5.04. The van der Waals surface area contributed by atoms with Gasteiger partial charge in [-0.2, -0.15) is 5.10 Å². The third kappa shape index (κ3) is 2.79. The molecule has 0 unspecified atom stereocenters. The maximum absolute atomic E-state index is 6.16. The molecule has 0 radical (unpaired) electrons. The van der Waals surface area contributed by atoms with Crippen molar-refractivity contribution < 1.29 is 0 Å². The van der Waals surface area contributed by atoms with Crippen molar-refractivity contribution in [2.75, 3.05) is 11.1 Å². The highest BCUT2D eigenvalue weighted by Gasteiger charge is 2.26. The molecule has 18 heavy (non-hydrogen) atoms. The monoisotopic (exact) mass is 252 g/mol. The molecule has 3 N–H and O–H groups in total. The average Bonchev–Trinajstić information content (AvgIpc) is 2.64. The Hall–Kier alpha value is -1.19. The third-order valence-corrected chi connectivity index (χ3v) is 4.02. The van der Waals surface area contributed by atoms with Crippen molar-refractivity contribution in [2.45, 2.75) is 72.4 Å². The molecule has 0 fully saturated rings. The highest BCUT2D eigenvalue weighted by atomic mass is 15.3. The highest BCUT2D eigenvalue weighted by Crippen LogP contribution is 2.30. The van der Waals surface area contributed by atoms with Gasteiger partial charge in [0.05, 0.1) is 11.4 Å². The zero-order chi connectivity index (χ0) is 13.8. The summed E-state index contributed by atoms with van der Waals surface area (Å²) in [5.74, 6) is 1.000. The molecule has 0 saturated heterocycles. The Morgan fingerprint density at radius 1 is 1.17 bits per heavy atom. The Kier molecular flexibility index (Phi) is 5.05. The molecule has 0 atom stereocenters. The van der Waals surface area contributed by atoms with Crippen molar-refractivity contribution in [3.05, 3.63) is 5.69 Å². The molecular formula is C14H28N4. The van der Waals surface area contributed by atoms with Crippen LogP contribution >= 0.6 is 0 Å². The summed E-state index contributed by atoms with van der Waals surface area (Å²) in [7, 11) is 0. The first kappa shape index (κ1) is 14.9. The van der Waals surface area contributed by atoms with Crippen LogP contribution < -0.4 is 11.1 Å². The highest BCUT2D eigenvalue weighted by molar-refractivity contribution is 5.65. The average molecular weight is 252 g/mol. The van der Waals surface area contributed by atoms with Crippen LogP contribution in [-0.4, -0.2) is 15.3 Å². The second-order valence-corrected chi connectivity index (χ2v) is 5.04. The number of hydrogen-bond donors (Lipinski definition) is 2. The maximum atomic E-state index is 6.16. The fourth-order valence-corrected chi connectivity index (χ4v) is 2.37. The van der Waals surface area contributed by atoms with E-state index in [1.165, 1.54) is 0 Å². The first-order chi connectivity index (χ1) is 8.53. The van der Waals surface area contributed by atoms with E-state index in [0.29, 0.717) is 0 Å². The van der Waals surface area contributed by atoms with Crippen molar-refractivity contribution in [1.82, 2.24) is 9.78 Å². The molecule has 0 aliphatic rings. The van der Waals surface area contributed by atoms with Crippen LogP contribution in [0, 0.1) is 6.92 Å². The number of aryl methyl sites for hydroxylation is 2. The molecule has 1 rings (SSSR count). The molecule has 4 heteroatoms. The van der Waals surface area contributed by atoms with E-state index in [-0.39, 0.29) is 5.54 Å². The van der Waals surface area contributed by atoms with Gasteiger partial charge in [-0.3, -0.25) is 0 Å². The molecule has 0 bridgehead atoms. The standard InChI is InChI=1S/C14H28N4/c1-6-10-18-13(12(15)11(5)17-18)16-14(7-2,8-3)9-4/h16H,6-10,15H2,1-5H3. The van der Waals surface area contributed by atoms with Gasteiger partial charge in [-0.05, 0) is 32.6 Å². The Bertz CT molecular complexity index is 369. The predicted octanol–water partition coefficient (Wildman–Crippen LogP) is 3.56. The molecule has 1 aromatic heterocycles. The minimum Gasteiger partial charge on any atom is -0.394 e. The van der Waals surface area contributed by atoms with Gasteiger partial charge in [-0.15, -0.1) is 0 Å². The van der Waals surface area contributed by atoms with E-state index >= 15 is 0 Å². The first-order valence-electron chi connectivity index (χ1n) is 7.14. The minimum atomic E-state index is 0.131. The zero-order valence-corrected chi connectivity index (χ0v) is 12.5. The number of rotatable bonds is 7. The minimum absolute atomic E-state index is 0.131. The lowest BCUT2D eigenvalue weighted by Crippen LogP contribution is -2.37. The van der Waals surface area contributed by atoms with E-state index in [2.05, 4.69) is 38.1 Å². The number of nitrogens with two attached hydrogens (primary N) is 1. The fourth-order valence-electron chi connectivity index (χ4n) is 2.37. The molecule has 0 amide bonds. The van der Waals surface area contributed by atoms with Gasteiger partial charge in [0.15, 0.2) is 0 Å². The van der Waals surface area contributed by atoms with E-state index in [1.807, 2.05) is 11.6 Å². The Morgan fingerprint density at radius 3 is 2.17 bits per heavy atom. The Balaban J connectivity index is 3.08. The maximum Gasteiger partial charge on any atom is 0.148 e. The molecule has 0 saturated carbocycles. The largest absolute Gasteiger partial charge is 0.394 e. The van der Waals surface area contributed by atoms with Crippen LogP contribution in [0.3, 0.4) is 0 Å². The lowest BCUT2D eigenvalue weighted by molar-refractivity contribution is 0.414. The molecule has 104 valence electrons. The van der Waals surface area contributed by atoms with Crippen molar-refractivity contribution in [2.24, 2.45) is 0 Å². The zero-order valence-electron chi connectivity index (χ0n) is 12.5. The topological polar surface area (TPSA) is 55.9 Å². The molecule has 1 heterocycles. The van der Waals surface area contributed by atoms with Crippen molar-refractivity contribution >= 4 is 11.5 Å². The second kappa shape index (κ2) is 6.12. The van der Waals surface area contributed by atoms with E-state index in [0.717, 1.165) is 49.4 Å². The summed E-state index contributed by atoms with van der Waals surface area (Å²) in [5.41, 5.74) is 8.00. The summed E-state index contributed by atoms with van der Waals surface area (Å²) >= 11 is 0. The van der Waals surface area contributed by atoms with Crippen LogP contribution in [0.25, 0.3) is 0 Å². The van der Waals surface area contributed by atoms with Crippen LogP contribution in [-0.2, 0) is 6.54 Å². The Labute approximate surface area is 111 Å². The summed E-state index contributed by atoms with van der Waals surface area (Å²) in [5, 5.41) is 8.18. The van der Waals surface area contributed by atoms with Gasteiger partial charge in [0.1, 0.15) is 5.82 Å². The van der Waals surface area contributed by atoms with E-state index in [1.54, 1.807) is 0 Å². The smallest absolute Gasteiger partial charge is 0.148 e. The quantitative estimate of drug-likeness (QED) is 0.780. The van der Waals surface area contributed by atoms with E-state index < -0.39 is 0 Å². The number of anilines is 2.